The van der Waals surface area contributed by atoms with Crippen LogP contribution in [0.4, 0.5) is 0 Å². The molecule has 0 saturated carbocycles. The molecule has 0 bridgehead atoms. The first-order valence-corrected chi connectivity index (χ1v) is 5.23. The van der Waals surface area contributed by atoms with Crippen molar-refractivity contribution in [2.45, 2.75) is 18.4 Å². The third-order valence-electron chi connectivity index (χ3n) is 1.27. The summed E-state index contributed by atoms with van der Waals surface area (Å²) in [5.41, 5.74) is -2.86. The second-order valence-corrected chi connectivity index (χ2v) is 3.78. The van der Waals surface area contributed by atoms with Gasteiger partial charge in [0.1, 0.15) is 0 Å². The molecule has 0 atom stereocenters. The molecule has 4 N–H and O–H groups in total. The molecule has 13 heteroatoms. The number of aliphatic hydroxyl groups is 1. The molecule has 0 saturated heterocycles. The number of carbonyl (C=O) groups is 3. The van der Waals surface area contributed by atoms with Crippen molar-refractivity contribution in [3.8, 4) is 0 Å². The monoisotopic (exact) mass is 312 g/mol. The molecular weight excluding hydrogens is 304 g/mol. The fourth-order valence-electron chi connectivity index (χ4n) is 0.691. The van der Waals surface area contributed by atoms with Crippen LogP contribution in [0.5, 0.6) is 0 Å². The molecule has 11 nitrogen and oxygen atoms in total. The Hall–Kier alpha value is -0.994. The third-order valence-corrected chi connectivity index (χ3v) is 1.27. The van der Waals surface area contributed by atoms with E-state index < -0.39 is 46.7 Å². The topological polar surface area (TPSA) is 212 Å². The fraction of sp³-hybridized carbons (Fsp3) is 0.500. The zero-order chi connectivity index (χ0) is 15.1. The van der Waals surface area contributed by atoms with Crippen molar-refractivity contribution in [2.75, 3.05) is 0 Å². The van der Waals surface area contributed by atoms with Gasteiger partial charge in [0.2, 0.25) is 0 Å². The first-order valence-electron chi connectivity index (χ1n) is 3.83. The molecule has 0 rings (SSSR count). The quantitative estimate of drug-likeness (QED) is 0.278. The van der Waals surface area contributed by atoms with E-state index in [1.54, 1.807) is 0 Å². The van der Waals surface area contributed by atoms with Crippen LogP contribution in [0.25, 0.3) is 0 Å². The number of hydrogen-bond acceptors (Lipinski definition) is 8. The Balaban J connectivity index is -0.000000366. The molecule has 0 aromatic carbocycles. The molecule has 0 aromatic heterocycles. The molecular formula is C6H8MgO11S. The maximum Gasteiger partial charge on any atom is 2.00 e. The summed E-state index contributed by atoms with van der Waals surface area (Å²) >= 11 is 0. The number of hydrogen-bond donors (Lipinski definition) is 4. The van der Waals surface area contributed by atoms with Gasteiger partial charge in [-0.2, -0.15) is 8.42 Å². The summed E-state index contributed by atoms with van der Waals surface area (Å²) in [6.07, 6.45) is -2.59. The second-order valence-electron chi connectivity index (χ2n) is 2.88. The Kier molecular flexibility index (Phi) is 11.0. The van der Waals surface area contributed by atoms with Crippen molar-refractivity contribution in [1.82, 2.24) is 0 Å². The van der Waals surface area contributed by atoms with Gasteiger partial charge in [-0.25, -0.2) is 4.79 Å². The van der Waals surface area contributed by atoms with Crippen LogP contribution >= 0.6 is 0 Å². The zero-order valence-electron chi connectivity index (χ0n) is 9.18. The Bertz CT molecular complexity index is 402. The van der Waals surface area contributed by atoms with Gasteiger partial charge < -0.3 is 30.0 Å². The second kappa shape index (κ2) is 9.00. The molecule has 0 aliphatic carbocycles. The van der Waals surface area contributed by atoms with Crippen molar-refractivity contribution in [1.29, 1.82) is 0 Å². The SMILES string of the molecule is O=C([O-])CC(O)(CC(=O)[O-])C(=O)O.O=S(=O)(O)O.[Mg+2]. The minimum Gasteiger partial charge on any atom is -0.550 e. The zero-order valence-corrected chi connectivity index (χ0v) is 11.4. The minimum atomic E-state index is -4.67. The van der Waals surface area contributed by atoms with Crippen LogP contribution in [0.2, 0.25) is 0 Å². The molecule has 0 heterocycles. The predicted octanol–water partition coefficient (Wildman–Crippen LogP) is -4.95. The molecule has 0 fully saturated rings. The van der Waals surface area contributed by atoms with Crippen molar-refractivity contribution < 1.29 is 52.3 Å². The average Bonchev–Trinajstić information content (AvgIpc) is 1.95. The summed E-state index contributed by atoms with van der Waals surface area (Å²) in [5, 5.41) is 37.2. The summed E-state index contributed by atoms with van der Waals surface area (Å²) in [7, 11) is -4.67. The van der Waals surface area contributed by atoms with E-state index in [1.807, 2.05) is 0 Å². The van der Waals surface area contributed by atoms with E-state index >= 15 is 0 Å². The van der Waals surface area contributed by atoms with Gasteiger partial charge in [0, 0.05) is 24.8 Å². The van der Waals surface area contributed by atoms with Crippen LogP contribution < -0.4 is 10.2 Å². The van der Waals surface area contributed by atoms with E-state index in [-0.39, 0.29) is 23.1 Å². The van der Waals surface area contributed by atoms with Gasteiger partial charge in [-0.15, -0.1) is 0 Å². The molecule has 0 aliphatic heterocycles. The van der Waals surface area contributed by atoms with E-state index in [1.165, 1.54) is 0 Å². The Morgan fingerprint density at radius 2 is 1.21 bits per heavy atom. The largest absolute Gasteiger partial charge is 2.00 e. The third kappa shape index (κ3) is 17.0. The molecule has 0 radical (unpaired) electrons. The number of aliphatic carboxylic acids is 3. The predicted molar refractivity (Wildman–Crippen MR) is 51.8 cm³/mol. The molecule has 0 aliphatic rings. The first kappa shape index (κ1) is 23.1. The van der Waals surface area contributed by atoms with Crippen LogP contribution in [-0.2, 0) is 24.8 Å². The Labute approximate surface area is 122 Å². The van der Waals surface area contributed by atoms with Gasteiger partial charge in [0.05, 0.1) is 0 Å². The summed E-state index contributed by atoms with van der Waals surface area (Å²) in [6, 6.07) is 0. The van der Waals surface area contributed by atoms with E-state index in [4.69, 9.17) is 27.7 Å². The molecule has 106 valence electrons. The van der Waals surface area contributed by atoms with Gasteiger partial charge in [-0.1, -0.05) is 0 Å². The normalized spacial score (nSPS) is 10.5. The molecule has 19 heavy (non-hydrogen) atoms. The number of carboxylic acids is 3. The molecule has 0 spiro atoms. The average molecular weight is 312 g/mol. The van der Waals surface area contributed by atoms with E-state index in [2.05, 4.69) is 0 Å². The summed E-state index contributed by atoms with van der Waals surface area (Å²) in [6.45, 7) is 0. The molecule has 0 amide bonds. The molecule has 0 unspecified atom stereocenters. The fourth-order valence-corrected chi connectivity index (χ4v) is 0.691. The Morgan fingerprint density at radius 3 is 1.32 bits per heavy atom. The van der Waals surface area contributed by atoms with Crippen LogP contribution in [-0.4, -0.2) is 74.3 Å². The van der Waals surface area contributed by atoms with Gasteiger partial charge in [0.25, 0.3) is 0 Å². The van der Waals surface area contributed by atoms with E-state index in [0.29, 0.717) is 0 Å². The standard InChI is InChI=1S/C6H8O7.Mg.H2O4S/c7-3(8)1-6(13,5(11)12)2-4(9)10;;1-5(2,3)4/h13H,1-2H2,(H,7,8)(H,9,10)(H,11,12);;(H2,1,2,3,4)/q;+2;/p-2. The summed E-state index contributed by atoms with van der Waals surface area (Å²) < 4.78 is 31.6. The van der Waals surface area contributed by atoms with Crippen molar-refractivity contribution in [3.63, 3.8) is 0 Å². The Morgan fingerprint density at radius 1 is 1.00 bits per heavy atom. The van der Waals surface area contributed by atoms with Crippen LogP contribution in [0.1, 0.15) is 12.8 Å². The first-order chi connectivity index (χ1) is 7.78. The van der Waals surface area contributed by atoms with Gasteiger partial charge in [0.15, 0.2) is 5.60 Å². The maximum atomic E-state index is 10.3. The van der Waals surface area contributed by atoms with Crippen LogP contribution in [0.15, 0.2) is 0 Å². The number of carboxylic acid groups (broad SMARTS) is 3. The smallest absolute Gasteiger partial charge is 0.550 e. The van der Waals surface area contributed by atoms with Crippen molar-refractivity contribution in [3.05, 3.63) is 0 Å². The maximum absolute atomic E-state index is 10.3. The van der Waals surface area contributed by atoms with Crippen molar-refractivity contribution >= 4 is 51.4 Å². The molecule has 0 aromatic rings. The van der Waals surface area contributed by atoms with Gasteiger partial charge in [-0.3, -0.25) is 9.11 Å². The van der Waals surface area contributed by atoms with Crippen LogP contribution in [0.3, 0.4) is 0 Å². The number of rotatable bonds is 5. The van der Waals surface area contributed by atoms with Crippen molar-refractivity contribution in [2.24, 2.45) is 0 Å². The summed E-state index contributed by atoms with van der Waals surface area (Å²) in [5.74, 6) is -5.65. The van der Waals surface area contributed by atoms with Gasteiger partial charge >= 0.3 is 39.4 Å². The van der Waals surface area contributed by atoms with Crippen LogP contribution in [0, 0.1) is 0 Å². The summed E-state index contributed by atoms with van der Waals surface area (Å²) in [4.78, 5) is 30.2. The van der Waals surface area contributed by atoms with Gasteiger partial charge in [-0.05, 0) is 0 Å². The van der Waals surface area contributed by atoms with E-state index in [0.717, 1.165) is 0 Å². The minimum absolute atomic E-state index is 0. The number of carbonyl (C=O) groups excluding carboxylic acids is 2. The van der Waals surface area contributed by atoms with E-state index in [9.17, 15) is 24.6 Å².